The van der Waals surface area contributed by atoms with Crippen LogP contribution < -0.4 is 10.2 Å². The molecular weight excluding hydrogens is 268 g/mol. The molecule has 0 aromatic heterocycles. The zero-order chi connectivity index (χ0) is 15.8. The van der Waals surface area contributed by atoms with Crippen LogP contribution in [0, 0.1) is 5.92 Å². The number of amides is 1. The highest BCUT2D eigenvalue weighted by Crippen LogP contribution is 2.13. The van der Waals surface area contributed by atoms with Crippen molar-refractivity contribution in [3.8, 4) is 0 Å². The van der Waals surface area contributed by atoms with Gasteiger partial charge in [-0.25, -0.2) is 0 Å². The van der Waals surface area contributed by atoms with Gasteiger partial charge in [0.05, 0.1) is 5.92 Å². The number of aliphatic carboxylic acids is 1. The fourth-order valence-electron chi connectivity index (χ4n) is 1.65. The summed E-state index contributed by atoms with van der Waals surface area (Å²) in [5.41, 5.74) is 2.04. The number of rotatable bonds is 7. The number of anilines is 1. The van der Waals surface area contributed by atoms with Crippen molar-refractivity contribution in [1.29, 1.82) is 0 Å². The zero-order valence-corrected chi connectivity index (χ0v) is 12.7. The number of carboxylic acids is 1. The molecule has 0 saturated heterocycles. The van der Waals surface area contributed by atoms with Crippen molar-refractivity contribution in [2.45, 2.75) is 13.3 Å². The minimum atomic E-state index is -0.847. The van der Waals surface area contributed by atoms with Gasteiger partial charge in [-0.2, -0.15) is 0 Å². The third-order valence-electron chi connectivity index (χ3n) is 3.13. The molecule has 1 atom stereocenters. The molecule has 5 heteroatoms. The van der Waals surface area contributed by atoms with Crippen molar-refractivity contribution in [2.24, 2.45) is 5.92 Å². The topological polar surface area (TPSA) is 69.6 Å². The Hall–Kier alpha value is -2.30. The van der Waals surface area contributed by atoms with E-state index >= 15 is 0 Å². The van der Waals surface area contributed by atoms with Crippen LogP contribution in [0.5, 0.6) is 0 Å². The summed E-state index contributed by atoms with van der Waals surface area (Å²) < 4.78 is 0. The zero-order valence-electron chi connectivity index (χ0n) is 12.7. The number of hydrogen-bond acceptors (Lipinski definition) is 3. The summed E-state index contributed by atoms with van der Waals surface area (Å²) in [6.07, 6.45) is 3.61. The number of benzene rings is 1. The minimum absolute atomic E-state index is 0.218. The number of carboxylic acid groups (broad SMARTS) is 1. The summed E-state index contributed by atoms with van der Waals surface area (Å²) in [6, 6.07) is 7.83. The molecular formula is C16H22N2O3. The average molecular weight is 290 g/mol. The standard InChI is InChI=1S/C16H22N2O3/c1-12(16(20)21)10-11-17-15(19)9-6-13-4-7-14(8-5-13)18(2)3/h4-9,12H,10-11H2,1-3H3,(H,17,19)(H,20,21)/b9-6+. The van der Waals surface area contributed by atoms with Crippen LogP contribution in [0.25, 0.3) is 6.08 Å². The monoisotopic (exact) mass is 290 g/mol. The predicted octanol–water partition coefficient (Wildman–Crippen LogP) is 1.99. The Morgan fingerprint density at radius 2 is 1.90 bits per heavy atom. The first-order valence-electron chi connectivity index (χ1n) is 6.86. The first kappa shape index (κ1) is 16.8. The van der Waals surface area contributed by atoms with E-state index < -0.39 is 11.9 Å². The highest BCUT2D eigenvalue weighted by Gasteiger charge is 2.09. The lowest BCUT2D eigenvalue weighted by Gasteiger charge is -2.11. The summed E-state index contributed by atoms with van der Waals surface area (Å²) in [5, 5.41) is 11.4. The molecule has 0 aliphatic carbocycles. The molecule has 114 valence electrons. The van der Waals surface area contributed by atoms with Crippen molar-refractivity contribution in [2.75, 3.05) is 25.5 Å². The van der Waals surface area contributed by atoms with Crippen LogP contribution in [0.3, 0.4) is 0 Å². The number of carbonyl (C=O) groups excluding carboxylic acids is 1. The van der Waals surface area contributed by atoms with Gasteiger partial charge >= 0.3 is 5.97 Å². The lowest BCUT2D eigenvalue weighted by Crippen LogP contribution is -2.25. The lowest BCUT2D eigenvalue weighted by atomic mass is 10.1. The van der Waals surface area contributed by atoms with E-state index in [2.05, 4.69) is 5.32 Å². The Labute approximate surface area is 125 Å². The second-order valence-electron chi connectivity index (χ2n) is 5.14. The minimum Gasteiger partial charge on any atom is -0.481 e. The Balaban J connectivity index is 2.41. The Bertz CT molecular complexity index is 507. The molecule has 1 aromatic rings. The van der Waals surface area contributed by atoms with E-state index in [0.717, 1.165) is 11.3 Å². The molecule has 1 aromatic carbocycles. The molecule has 1 unspecified atom stereocenters. The van der Waals surface area contributed by atoms with E-state index in [-0.39, 0.29) is 5.91 Å². The second kappa shape index (κ2) is 8.09. The molecule has 0 aliphatic rings. The SMILES string of the molecule is CC(CCNC(=O)/C=C/c1ccc(N(C)C)cc1)C(=O)O. The van der Waals surface area contributed by atoms with Gasteiger partial charge in [0.25, 0.3) is 0 Å². The van der Waals surface area contributed by atoms with Crippen molar-refractivity contribution >= 4 is 23.6 Å². The Morgan fingerprint density at radius 3 is 2.43 bits per heavy atom. The maximum Gasteiger partial charge on any atom is 0.306 e. The van der Waals surface area contributed by atoms with Crippen LogP contribution in [0.2, 0.25) is 0 Å². The fourth-order valence-corrected chi connectivity index (χ4v) is 1.65. The van der Waals surface area contributed by atoms with Gasteiger partial charge in [-0.1, -0.05) is 19.1 Å². The molecule has 1 amide bonds. The molecule has 0 saturated carbocycles. The number of nitrogens with one attached hydrogen (secondary N) is 1. The molecule has 1 rings (SSSR count). The number of carbonyl (C=O) groups is 2. The maximum atomic E-state index is 11.6. The molecule has 0 bridgehead atoms. The van der Waals surface area contributed by atoms with E-state index in [9.17, 15) is 9.59 Å². The van der Waals surface area contributed by atoms with E-state index in [0.29, 0.717) is 13.0 Å². The van der Waals surface area contributed by atoms with Gasteiger partial charge in [0.1, 0.15) is 0 Å². The molecule has 0 heterocycles. The van der Waals surface area contributed by atoms with Gasteiger partial charge in [0.2, 0.25) is 5.91 Å². The molecule has 21 heavy (non-hydrogen) atoms. The number of hydrogen-bond donors (Lipinski definition) is 2. The normalized spacial score (nSPS) is 12.1. The first-order valence-corrected chi connectivity index (χ1v) is 6.86. The smallest absolute Gasteiger partial charge is 0.306 e. The summed E-state index contributed by atoms with van der Waals surface area (Å²) in [5.74, 6) is -1.52. The maximum absolute atomic E-state index is 11.6. The average Bonchev–Trinajstić information content (AvgIpc) is 2.45. The van der Waals surface area contributed by atoms with Crippen LogP contribution in [0.4, 0.5) is 5.69 Å². The molecule has 2 N–H and O–H groups in total. The number of nitrogens with zero attached hydrogens (tertiary/aromatic N) is 1. The Kier molecular flexibility index (Phi) is 6.46. The molecule has 0 aliphatic heterocycles. The van der Waals surface area contributed by atoms with Crippen LogP contribution in [-0.4, -0.2) is 37.6 Å². The van der Waals surface area contributed by atoms with E-state index in [4.69, 9.17) is 5.11 Å². The van der Waals surface area contributed by atoms with Crippen molar-refractivity contribution in [1.82, 2.24) is 5.32 Å². The van der Waals surface area contributed by atoms with Crippen molar-refractivity contribution in [3.63, 3.8) is 0 Å². The van der Waals surface area contributed by atoms with Gasteiger partial charge < -0.3 is 15.3 Å². The van der Waals surface area contributed by atoms with Crippen molar-refractivity contribution < 1.29 is 14.7 Å². The van der Waals surface area contributed by atoms with E-state index in [1.54, 1.807) is 13.0 Å². The quantitative estimate of drug-likeness (QED) is 0.754. The molecule has 5 nitrogen and oxygen atoms in total. The van der Waals surface area contributed by atoms with Crippen LogP contribution >= 0.6 is 0 Å². The van der Waals surface area contributed by atoms with E-state index in [1.807, 2.05) is 43.3 Å². The highest BCUT2D eigenvalue weighted by atomic mass is 16.4. The molecule has 0 fully saturated rings. The Morgan fingerprint density at radius 1 is 1.29 bits per heavy atom. The lowest BCUT2D eigenvalue weighted by molar-refractivity contribution is -0.141. The first-order chi connectivity index (χ1) is 9.90. The largest absolute Gasteiger partial charge is 0.481 e. The fraction of sp³-hybridized carbons (Fsp3) is 0.375. The summed E-state index contributed by atoms with van der Waals surface area (Å²) >= 11 is 0. The molecule has 0 spiro atoms. The van der Waals surface area contributed by atoms with E-state index in [1.165, 1.54) is 6.08 Å². The predicted molar refractivity (Wildman–Crippen MR) is 84.2 cm³/mol. The van der Waals surface area contributed by atoms with Gasteiger partial charge in [-0.3, -0.25) is 9.59 Å². The summed E-state index contributed by atoms with van der Waals surface area (Å²) in [4.78, 5) is 24.2. The highest BCUT2D eigenvalue weighted by molar-refractivity contribution is 5.91. The second-order valence-corrected chi connectivity index (χ2v) is 5.14. The van der Waals surface area contributed by atoms with Crippen molar-refractivity contribution in [3.05, 3.63) is 35.9 Å². The van der Waals surface area contributed by atoms with Crippen LogP contribution in [-0.2, 0) is 9.59 Å². The van der Waals surface area contributed by atoms with Gasteiger partial charge in [0, 0.05) is 32.4 Å². The summed E-state index contributed by atoms with van der Waals surface area (Å²) in [6.45, 7) is 1.98. The van der Waals surface area contributed by atoms with Crippen LogP contribution in [0.1, 0.15) is 18.9 Å². The van der Waals surface area contributed by atoms with Gasteiger partial charge in [0.15, 0.2) is 0 Å². The van der Waals surface area contributed by atoms with Gasteiger partial charge in [-0.05, 0) is 30.2 Å². The third-order valence-corrected chi connectivity index (χ3v) is 3.13. The van der Waals surface area contributed by atoms with Crippen LogP contribution in [0.15, 0.2) is 30.3 Å². The molecule has 0 radical (unpaired) electrons. The summed E-state index contributed by atoms with van der Waals surface area (Å²) in [7, 11) is 3.94. The third kappa shape index (κ3) is 6.12. The van der Waals surface area contributed by atoms with Gasteiger partial charge in [-0.15, -0.1) is 0 Å².